The lowest BCUT2D eigenvalue weighted by Gasteiger charge is -2.34. The first-order valence-electron chi connectivity index (χ1n) is 11.4. The largest absolute Gasteiger partial charge is 0.492 e. The highest BCUT2D eigenvalue weighted by molar-refractivity contribution is 6.30. The van der Waals surface area contributed by atoms with Crippen molar-refractivity contribution in [1.82, 2.24) is 9.80 Å². The number of carbonyl (C=O) groups excluding carboxylic acids is 1. The van der Waals surface area contributed by atoms with Crippen molar-refractivity contribution in [1.29, 1.82) is 0 Å². The molecule has 6 heteroatoms. The van der Waals surface area contributed by atoms with Crippen LogP contribution in [-0.4, -0.2) is 61.6 Å². The van der Waals surface area contributed by atoms with Crippen LogP contribution in [0.3, 0.4) is 0 Å². The van der Waals surface area contributed by atoms with E-state index in [4.69, 9.17) is 16.3 Å². The van der Waals surface area contributed by atoms with Crippen molar-refractivity contribution in [3.05, 3.63) is 95.0 Å². The number of carbonyl (C=O) groups is 1. The summed E-state index contributed by atoms with van der Waals surface area (Å²) in [6, 6.07) is 25.8. The van der Waals surface area contributed by atoms with E-state index in [2.05, 4.69) is 33.3 Å². The average Bonchev–Trinajstić information content (AvgIpc) is 2.83. The molecule has 5 nitrogen and oxygen atoms in total. The third-order valence-electron chi connectivity index (χ3n) is 5.85. The minimum Gasteiger partial charge on any atom is -0.492 e. The first-order chi connectivity index (χ1) is 16.2. The second kappa shape index (κ2) is 11.8. The van der Waals surface area contributed by atoms with Gasteiger partial charge in [0.25, 0.3) is 0 Å². The van der Waals surface area contributed by atoms with E-state index in [1.54, 1.807) is 0 Å². The normalized spacial score (nSPS) is 14.7. The number of amides is 1. The Morgan fingerprint density at radius 3 is 2.27 bits per heavy atom. The van der Waals surface area contributed by atoms with E-state index in [1.807, 2.05) is 60.7 Å². The molecule has 0 saturated carbocycles. The predicted molar refractivity (Wildman–Crippen MR) is 134 cm³/mol. The van der Waals surface area contributed by atoms with Gasteiger partial charge >= 0.3 is 0 Å². The van der Waals surface area contributed by atoms with E-state index in [1.165, 1.54) is 5.56 Å². The van der Waals surface area contributed by atoms with Gasteiger partial charge < -0.3 is 10.1 Å². The lowest BCUT2D eigenvalue weighted by Crippen LogP contribution is -2.49. The summed E-state index contributed by atoms with van der Waals surface area (Å²) in [4.78, 5) is 17.3. The molecule has 0 aromatic heterocycles. The van der Waals surface area contributed by atoms with E-state index < -0.39 is 0 Å². The van der Waals surface area contributed by atoms with Crippen LogP contribution in [0.1, 0.15) is 11.1 Å². The molecule has 0 aliphatic carbocycles. The van der Waals surface area contributed by atoms with Crippen LogP contribution >= 0.6 is 11.6 Å². The molecule has 1 aliphatic rings. The highest BCUT2D eigenvalue weighted by atomic mass is 35.5. The van der Waals surface area contributed by atoms with Crippen LogP contribution in [0.25, 0.3) is 0 Å². The molecular formula is C27H30ClN3O2. The zero-order valence-electron chi connectivity index (χ0n) is 18.8. The van der Waals surface area contributed by atoms with Crippen LogP contribution in [-0.2, 0) is 11.2 Å². The smallest absolute Gasteiger partial charge is 0.238 e. The van der Waals surface area contributed by atoms with E-state index in [0.29, 0.717) is 18.2 Å². The Labute approximate surface area is 200 Å². The van der Waals surface area contributed by atoms with Crippen molar-refractivity contribution in [2.24, 2.45) is 0 Å². The average molecular weight is 464 g/mol. The molecule has 0 bridgehead atoms. The second-order valence-electron chi connectivity index (χ2n) is 8.29. The molecule has 0 atom stereocenters. The van der Waals surface area contributed by atoms with Crippen LogP contribution in [0.2, 0.25) is 5.02 Å². The van der Waals surface area contributed by atoms with Crippen molar-refractivity contribution in [2.75, 3.05) is 51.2 Å². The third kappa shape index (κ3) is 7.32. The number of halogens is 1. The highest BCUT2D eigenvalue weighted by Gasteiger charge is 2.19. The molecule has 0 unspecified atom stereocenters. The third-order valence-corrected chi connectivity index (χ3v) is 6.10. The number of hydrogen-bond donors (Lipinski definition) is 1. The summed E-state index contributed by atoms with van der Waals surface area (Å²) in [5.41, 5.74) is 3.25. The van der Waals surface area contributed by atoms with Gasteiger partial charge in [-0.1, -0.05) is 60.1 Å². The van der Waals surface area contributed by atoms with E-state index in [-0.39, 0.29) is 5.91 Å². The van der Waals surface area contributed by atoms with E-state index in [0.717, 1.165) is 56.1 Å². The number of hydrogen-bond acceptors (Lipinski definition) is 4. The summed E-state index contributed by atoms with van der Waals surface area (Å²) >= 11 is 5.91. The molecule has 172 valence electrons. The van der Waals surface area contributed by atoms with Crippen molar-refractivity contribution in [2.45, 2.75) is 6.42 Å². The Kier molecular flexibility index (Phi) is 8.36. The summed E-state index contributed by atoms with van der Waals surface area (Å²) in [7, 11) is 0. The van der Waals surface area contributed by atoms with Crippen molar-refractivity contribution in [3.63, 3.8) is 0 Å². The Balaban J connectivity index is 1.19. The molecule has 0 spiro atoms. The number of ether oxygens (including phenoxy) is 1. The lowest BCUT2D eigenvalue weighted by molar-refractivity contribution is -0.117. The molecule has 1 heterocycles. The summed E-state index contributed by atoms with van der Waals surface area (Å²) in [5, 5.41) is 3.83. The molecule has 1 saturated heterocycles. The van der Waals surface area contributed by atoms with Gasteiger partial charge in [0.2, 0.25) is 5.91 Å². The zero-order chi connectivity index (χ0) is 22.9. The first kappa shape index (κ1) is 23.3. The molecule has 1 aliphatic heterocycles. The molecule has 3 aromatic rings. The summed E-state index contributed by atoms with van der Waals surface area (Å²) < 4.78 is 5.80. The topological polar surface area (TPSA) is 44.8 Å². The summed E-state index contributed by atoms with van der Waals surface area (Å²) in [6.07, 6.45) is 0.800. The number of piperazine rings is 1. The van der Waals surface area contributed by atoms with Gasteiger partial charge in [-0.25, -0.2) is 0 Å². The number of benzene rings is 3. The van der Waals surface area contributed by atoms with Gasteiger partial charge in [-0.15, -0.1) is 0 Å². The van der Waals surface area contributed by atoms with Gasteiger partial charge in [-0.05, 0) is 47.9 Å². The Morgan fingerprint density at radius 2 is 1.52 bits per heavy atom. The van der Waals surface area contributed by atoms with E-state index >= 15 is 0 Å². The summed E-state index contributed by atoms with van der Waals surface area (Å²) in [6.45, 7) is 5.54. The molecule has 1 fully saturated rings. The second-order valence-corrected chi connectivity index (χ2v) is 8.72. The number of nitrogens with zero attached hydrogens (tertiary/aromatic N) is 2. The van der Waals surface area contributed by atoms with Crippen LogP contribution in [0.5, 0.6) is 5.75 Å². The number of para-hydroxylation sites is 1. The quantitative estimate of drug-likeness (QED) is 0.505. The molecule has 4 rings (SSSR count). The zero-order valence-corrected chi connectivity index (χ0v) is 19.5. The van der Waals surface area contributed by atoms with Crippen molar-refractivity contribution in [3.8, 4) is 5.75 Å². The van der Waals surface area contributed by atoms with E-state index in [9.17, 15) is 4.79 Å². The summed E-state index contributed by atoms with van der Waals surface area (Å²) in [5.74, 6) is 0.872. The van der Waals surface area contributed by atoms with Gasteiger partial charge in [0.1, 0.15) is 12.4 Å². The molecular weight excluding hydrogens is 434 g/mol. The first-order valence-corrected chi connectivity index (χ1v) is 11.8. The molecule has 0 radical (unpaired) electrons. The standard InChI is InChI=1S/C27H30ClN3O2/c28-24-10-12-25(13-11-24)33-19-18-30-14-16-31(17-15-30)21-27(32)29-26-9-5-4-8-23(26)20-22-6-2-1-3-7-22/h1-13H,14-21H2,(H,29,32). The van der Waals surface area contributed by atoms with Gasteiger partial charge in [-0.2, -0.15) is 0 Å². The van der Waals surface area contributed by atoms with Crippen LogP contribution in [0.4, 0.5) is 5.69 Å². The minimum absolute atomic E-state index is 0.0371. The van der Waals surface area contributed by atoms with Gasteiger partial charge in [0.15, 0.2) is 0 Å². The van der Waals surface area contributed by atoms with Crippen LogP contribution < -0.4 is 10.1 Å². The maximum Gasteiger partial charge on any atom is 0.238 e. The fourth-order valence-corrected chi connectivity index (χ4v) is 4.13. The fraction of sp³-hybridized carbons (Fsp3) is 0.296. The maximum absolute atomic E-state index is 12.7. The predicted octanol–water partition coefficient (Wildman–Crippen LogP) is 4.57. The number of anilines is 1. The van der Waals surface area contributed by atoms with Gasteiger partial charge in [0, 0.05) is 43.4 Å². The molecule has 3 aromatic carbocycles. The van der Waals surface area contributed by atoms with Crippen molar-refractivity contribution < 1.29 is 9.53 Å². The number of rotatable bonds is 9. The lowest BCUT2D eigenvalue weighted by atomic mass is 10.0. The highest BCUT2D eigenvalue weighted by Crippen LogP contribution is 2.19. The Hall–Kier alpha value is -2.86. The molecule has 1 amide bonds. The van der Waals surface area contributed by atoms with Crippen LogP contribution in [0, 0.1) is 0 Å². The monoisotopic (exact) mass is 463 g/mol. The Bertz CT molecular complexity index is 1020. The molecule has 1 N–H and O–H groups in total. The van der Waals surface area contributed by atoms with Crippen molar-refractivity contribution >= 4 is 23.2 Å². The Morgan fingerprint density at radius 1 is 0.848 bits per heavy atom. The minimum atomic E-state index is 0.0371. The van der Waals surface area contributed by atoms with Crippen LogP contribution in [0.15, 0.2) is 78.9 Å². The van der Waals surface area contributed by atoms with Gasteiger partial charge in [0.05, 0.1) is 6.54 Å². The van der Waals surface area contributed by atoms with Gasteiger partial charge in [-0.3, -0.25) is 14.6 Å². The number of nitrogens with one attached hydrogen (secondary N) is 1. The fourth-order valence-electron chi connectivity index (χ4n) is 4.00. The SMILES string of the molecule is O=C(CN1CCN(CCOc2ccc(Cl)cc2)CC1)Nc1ccccc1Cc1ccccc1. The maximum atomic E-state index is 12.7. The molecule has 33 heavy (non-hydrogen) atoms.